The van der Waals surface area contributed by atoms with Crippen molar-refractivity contribution in [3.63, 3.8) is 0 Å². The Labute approximate surface area is 235 Å². The molecule has 4 rings (SSSR count). The number of carbonyl (C=O) groups excluding carboxylic acids is 1. The van der Waals surface area contributed by atoms with Gasteiger partial charge in [-0.05, 0) is 35.9 Å². The third-order valence-corrected chi connectivity index (χ3v) is 6.90. The summed E-state index contributed by atoms with van der Waals surface area (Å²) in [6, 6.07) is 24.6. The number of ether oxygens (including phenoxy) is 2. The molecule has 0 aliphatic carbocycles. The second kappa shape index (κ2) is 14.0. The molecule has 3 aromatic rings. The molecule has 2 atom stereocenters. The summed E-state index contributed by atoms with van der Waals surface area (Å²) in [5.74, 6) is 0.526. The zero-order valence-corrected chi connectivity index (χ0v) is 22.9. The Kier molecular flexibility index (Phi) is 10.2. The highest BCUT2D eigenvalue weighted by Crippen LogP contribution is 2.44. The molecule has 0 bridgehead atoms. The van der Waals surface area contributed by atoms with E-state index < -0.39 is 24.2 Å². The van der Waals surface area contributed by atoms with Crippen LogP contribution in [0.4, 0.5) is 4.39 Å². The first kappa shape index (κ1) is 28.5. The van der Waals surface area contributed by atoms with Gasteiger partial charge in [0.15, 0.2) is 11.6 Å². The van der Waals surface area contributed by atoms with Crippen LogP contribution < -0.4 is 15.6 Å². The molecule has 3 N–H and O–H groups in total. The summed E-state index contributed by atoms with van der Waals surface area (Å²) in [6.45, 7) is -0.203. The molecule has 3 aromatic carbocycles. The van der Waals surface area contributed by atoms with Gasteiger partial charge in [-0.15, -0.1) is 0 Å². The average molecular weight is 596 g/mol. The second-order valence-electron chi connectivity index (χ2n) is 8.90. The van der Waals surface area contributed by atoms with E-state index in [1.54, 1.807) is 12.1 Å². The molecule has 0 radical (unpaired) electrons. The molecule has 1 aliphatic heterocycles. The van der Waals surface area contributed by atoms with Gasteiger partial charge in [0.25, 0.3) is 5.91 Å². The van der Waals surface area contributed by atoms with Crippen molar-refractivity contribution in [2.24, 2.45) is 4.99 Å². The van der Waals surface area contributed by atoms with Crippen LogP contribution in [-0.2, 0) is 9.53 Å². The van der Waals surface area contributed by atoms with Crippen molar-refractivity contribution in [2.45, 2.75) is 24.5 Å². The zero-order chi connectivity index (χ0) is 27.5. The lowest BCUT2D eigenvalue weighted by atomic mass is 9.84. The van der Waals surface area contributed by atoms with Crippen molar-refractivity contribution in [1.82, 2.24) is 10.9 Å². The lowest BCUT2D eigenvalue weighted by Gasteiger charge is -2.30. The number of benzene rings is 3. The van der Waals surface area contributed by atoms with Crippen molar-refractivity contribution in [3.05, 3.63) is 106 Å². The highest BCUT2D eigenvalue weighted by Gasteiger charge is 2.53. The van der Waals surface area contributed by atoms with Crippen LogP contribution in [0, 0.1) is 0 Å². The Bertz CT molecular complexity index is 1290. The van der Waals surface area contributed by atoms with E-state index in [1.807, 2.05) is 78.9 Å². The average Bonchev–Trinajstić information content (AvgIpc) is 3.35. The molecule has 1 aliphatic rings. The quantitative estimate of drug-likeness (QED) is 0.187. The first-order valence-corrected chi connectivity index (χ1v) is 13.5. The van der Waals surface area contributed by atoms with Gasteiger partial charge < -0.3 is 14.6 Å². The molecule has 0 saturated carbocycles. The summed E-state index contributed by atoms with van der Waals surface area (Å²) in [7, 11) is 0. The minimum atomic E-state index is -1.38. The Morgan fingerprint density at radius 2 is 1.85 bits per heavy atom. The zero-order valence-electron chi connectivity index (χ0n) is 21.4. The molecular formula is C30H31BrFN3O4. The summed E-state index contributed by atoms with van der Waals surface area (Å²) >= 11 is 3.61. The van der Waals surface area contributed by atoms with E-state index in [4.69, 9.17) is 19.6 Å². The van der Waals surface area contributed by atoms with E-state index in [-0.39, 0.29) is 19.6 Å². The summed E-state index contributed by atoms with van der Waals surface area (Å²) in [6.07, 6.45) is 3.84. The highest BCUT2D eigenvalue weighted by molar-refractivity contribution is 9.10. The molecule has 0 spiro atoms. The fourth-order valence-electron chi connectivity index (χ4n) is 4.22. The fraction of sp³-hybridized carbons (Fsp3) is 0.267. The van der Waals surface area contributed by atoms with Gasteiger partial charge in [0.05, 0.1) is 6.61 Å². The van der Waals surface area contributed by atoms with E-state index in [9.17, 15) is 9.18 Å². The summed E-state index contributed by atoms with van der Waals surface area (Å²) < 4.78 is 25.7. The van der Waals surface area contributed by atoms with Gasteiger partial charge in [0.1, 0.15) is 12.4 Å². The number of hydrogen-bond donors (Lipinski definition) is 3. The normalized spacial score (nSPS) is 18.5. The minimum absolute atomic E-state index is 0.0312. The van der Waals surface area contributed by atoms with Crippen LogP contribution in [0.3, 0.4) is 0 Å². The van der Waals surface area contributed by atoms with Gasteiger partial charge in [-0.2, -0.15) is 0 Å². The monoisotopic (exact) mass is 595 g/mol. The van der Waals surface area contributed by atoms with Crippen molar-refractivity contribution in [2.75, 3.05) is 26.4 Å². The van der Waals surface area contributed by atoms with Crippen molar-refractivity contribution in [3.8, 4) is 5.75 Å². The summed E-state index contributed by atoms with van der Waals surface area (Å²) in [5.41, 5.74) is 6.33. The molecule has 1 heterocycles. The predicted molar refractivity (Wildman–Crippen MR) is 153 cm³/mol. The second-order valence-corrected chi connectivity index (χ2v) is 9.75. The van der Waals surface area contributed by atoms with E-state index in [0.29, 0.717) is 30.2 Å². The number of aliphatic imine (C=N–C) groups is 1. The Morgan fingerprint density at radius 3 is 2.56 bits per heavy atom. The van der Waals surface area contributed by atoms with Crippen LogP contribution in [0.5, 0.6) is 5.75 Å². The molecule has 9 heteroatoms. The number of amides is 1. The fourth-order valence-corrected chi connectivity index (χ4v) is 4.71. The third-order valence-electron chi connectivity index (χ3n) is 6.18. The maximum Gasteiger partial charge on any atom is 0.266 e. The molecule has 204 valence electrons. The van der Waals surface area contributed by atoms with E-state index in [2.05, 4.69) is 26.8 Å². The summed E-state index contributed by atoms with van der Waals surface area (Å²) in [4.78, 5) is 18.7. The van der Waals surface area contributed by atoms with Crippen LogP contribution in [0.2, 0.25) is 0 Å². The lowest BCUT2D eigenvalue weighted by Crippen LogP contribution is -2.52. The van der Waals surface area contributed by atoms with Crippen LogP contribution in [-0.4, -0.2) is 48.9 Å². The molecule has 7 nitrogen and oxygen atoms in total. The van der Waals surface area contributed by atoms with Gasteiger partial charge in [0.2, 0.25) is 5.90 Å². The van der Waals surface area contributed by atoms with Crippen LogP contribution in [0.15, 0.2) is 94.4 Å². The molecule has 0 aromatic heterocycles. The van der Waals surface area contributed by atoms with Crippen molar-refractivity contribution in [1.29, 1.82) is 0 Å². The van der Waals surface area contributed by atoms with E-state index in [1.165, 1.54) is 0 Å². The molecule has 39 heavy (non-hydrogen) atoms. The highest BCUT2D eigenvalue weighted by atomic mass is 79.9. The molecule has 0 saturated heterocycles. The molecule has 0 unspecified atom stereocenters. The largest absolute Gasteiger partial charge is 0.494 e. The number of halogens is 2. The number of carbonyl (C=O) groups is 1. The van der Waals surface area contributed by atoms with E-state index >= 15 is 0 Å². The number of rotatable bonds is 13. The molecule has 1 amide bonds. The number of alkyl halides is 1. The first-order chi connectivity index (χ1) is 19.1. The number of nitrogens with one attached hydrogen (secondary N) is 2. The van der Waals surface area contributed by atoms with Gasteiger partial charge in [-0.1, -0.05) is 76.6 Å². The Balaban J connectivity index is 1.73. The number of hydrazine groups is 1. The van der Waals surface area contributed by atoms with Gasteiger partial charge in [-0.25, -0.2) is 14.8 Å². The number of nitrogens with zero attached hydrogens (tertiary/aromatic N) is 1. The lowest BCUT2D eigenvalue weighted by molar-refractivity contribution is -0.129. The van der Waals surface area contributed by atoms with Crippen molar-refractivity contribution < 1.29 is 23.8 Å². The van der Waals surface area contributed by atoms with Crippen LogP contribution in [0.1, 0.15) is 35.6 Å². The number of aliphatic hydroxyl groups is 1. The van der Waals surface area contributed by atoms with Crippen molar-refractivity contribution >= 4 is 33.8 Å². The molecular weight excluding hydrogens is 565 g/mol. The predicted octanol–water partition coefficient (Wildman–Crippen LogP) is 5.16. The maximum atomic E-state index is 13.8. The first-order valence-electron chi connectivity index (χ1n) is 12.7. The Morgan fingerprint density at radius 1 is 1.10 bits per heavy atom. The van der Waals surface area contributed by atoms with Crippen LogP contribution >= 0.6 is 15.9 Å². The third kappa shape index (κ3) is 7.11. The number of aliphatic hydroxyl groups excluding tert-OH is 1. The Hall–Kier alpha value is -3.53. The van der Waals surface area contributed by atoms with Gasteiger partial charge >= 0.3 is 0 Å². The van der Waals surface area contributed by atoms with E-state index in [0.717, 1.165) is 15.6 Å². The van der Waals surface area contributed by atoms with Crippen LogP contribution in [0.25, 0.3) is 6.08 Å². The SMILES string of the molecule is O=C(NNCCF)[C@@]1(C/C=C/c2ccccc2)N=C(c2ccc(OCCCO)cc2)O[C@H]1c1ccccc1Br. The number of hydrogen-bond acceptors (Lipinski definition) is 6. The van der Waals surface area contributed by atoms with Gasteiger partial charge in [0, 0.05) is 41.6 Å². The maximum absolute atomic E-state index is 13.8. The smallest absolute Gasteiger partial charge is 0.266 e. The topological polar surface area (TPSA) is 92.2 Å². The standard InChI is InChI=1S/C30H31BrFN3O4/c31-26-12-5-4-11-25(26)27-30(29(37)35-33-19-18-32,17-6-10-22-8-2-1-3-9-22)34-28(39-27)23-13-15-24(16-14-23)38-21-7-20-36/h1-6,8-16,27,33,36H,7,17-21H2,(H,35,37)/b10-6+/t27-,30-/m0/s1. The summed E-state index contributed by atoms with van der Waals surface area (Å²) in [5, 5.41) is 8.98. The van der Waals surface area contributed by atoms with Gasteiger partial charge in [-0.3, -0.25) is 10.2 Å². The molecule has 0 fully saturated rings. The minimum Gasteiger partial charge on any atom is -0.494 e.